The summed E-state index contributed by atoms with van der Waals surface area (Å²) in [6.07, 6.45) is 1.21. The normalized spacial score (nSPS) is 9.08. The van der Waals surface area contributed by atoms with E-state index in [-0.39, 0.29) is 5.91 Å². The second-order valence-electron chi connectivity index (χ2n) is 2.41. The molecule has 62 valence electrons. The maximum Gasteiger partial charge on any atom is 0.221 e. The quantitative estimate of drug-likeness (QED) is 0.638. The molecule has 12 heavy (non-hydrogen) atoms. The molecule has 1 aromatic rings. The smallest absolute Gasteiger partial charge is 0.221 e. The van der Waals surface area contributed by atoms with Gasteiger partial charge in [-0.1, -0.05) is 18.2 Å². The minimum Gasteiger partial charge on any atom is -0.326 e. The van der Waals surface area contributed by atoms with E-state index in [0.29, 0.717) is 11.3 Å². The highest BCUT2D eigenvalue weighted by Gasteiger charge is 1.98. The van der Waals surface area contributed by atoms with Crippen LogP contribution in [0.4, 0.5) is 5.69 Å². The summed E-state index contributed by atoms with van der Waals surface area (Å²) in [5.74, 6) is -0.121. The van der Waals surface area contributed by atoms with E-state index < -0.39 is 0 Å². The number of anilines is 1. The molecule has 0 aliphatic heterocycles. The maximum atomic E-state index is 10.7. The lowest BCUT2D eigenvalue weighted by Crippen LogP contribution is -2.07. The molecular weight excluding hydrogens is 152 g/mol. The summed E-state index contributed by atoms with van der Waals surface area (Å²) in [4.78, 5) is 10.7. The van der Waals surface area contributed by atoms with E-state index >= 15 is 0 Å². The fourth-order valence-corrected chi connectivity index (χ4v) is 0.926. The first-order chi connectivity index (χ1) is 5.74. The van der Waals surface area contributed by atoms with Crippen molar-refractivity contribution in [2.45, 2.75) is 6.92 Å². The molecule has 0 saturated heterocycles. The molecule has 3 heteroatoms. The molecule has 0 atom stereocenters. The number of hydrogen-bond donors (Lipinski definition) is 2. The van der Waals surface area contributed by atoms with Crippen molar-refractivity contribution in [3.63, 3.8) is 0 Å². The zero-order valence-electron chi connectivity index (χ0n) is 6.79. The highest BCUT2D eigenvalue weighted by atomic mass is 16.1. The largest absolute Gasteiger partial charge is 0.326 e. The molecule has 0 unspecified atom stereocenters. The van der Waals surface area contributed by atoms with Gasteiger partial charge in [0, 0.05) is 24.4 Å². The Morgan fingerprint density at radius 1 is 1.50 bits per heavy atom. The van der Waals surface area contributed by atoms with E-state index in [4.69, 9.17) is 5.41 Å². The molecule has 0 bridgehead atoms. The Kier molecular flexibility index (Phi) is 2.58. The van der Waals surface area contributed by atoms with Crippen molar-refractivity contribution in [2.24, 2.45) is 0 Å². The minimum atomic E-state index is -0.121. The van der Waals surface area contributed by atoms with Gasteiger partial charge in [-0.25, -0.2) is 0 Å². The van der Waals surface area contributed by atoms with Crippen LogP contribution >= 0.6 is 0 Å². The van der Waals surface area contributed by atoms with E-state index in [0.717, 1.165) is 0 Å². The summed E-state index contributed by atoms with van der Waals surface area (Å²) in [5, 5.41) is 9.69. The van der Waals surface area contributed by atoms with Crippen molar-refractivity contribution in [3.8, 4) is 0 Å². The lowest BCUT2D eigenvalue weighted by molar-refractivity contribution is -0.114. The minimum absolute atomic E-state index is 0.121. The predicted molar refractivity (Wildman–Crippen MR) is 48.6 cm³/mol. The first-order valence-electron chi connectivity index (χ1n) is 3.61. The third kappa shape index (κ3) is 1.92. The van der Waals surface area contributed by atoms with Gasteiger partial charge in [0.25, 0.3) is 0 Å². The van der Waals surface area contributed by atoms with Gasteiger partial charge in [0.2, 0.25) is 5.91 Å². The third-order valence-electron chi connectivity index (χ3n) is 1.43. The summed E-state index contributed by atoms with van der Waals surface area (Å²) < 4.78 is 0. The Morgan fingerprint density at radius 3 is 2.75 bits per heavy atom. The van der Waals surface area contributed by atoms with Gasteiger partial charge in [-0.3, -0.25) is 4.79 Å². The number of carbonyl (C=O) groups excluding carboxylic acids is 1. The van der Waals surface area contributed by atoms with Crippen molar-refractivity contribution in [3.05, 3.63) is 29.8 Å². The van der Waals surface area contributed by atoms with E-state index in [9.17, 15) is 4.79 Å². The van der Waals surface area contributed by atoms with Crippen LogP contribution in [0.25, 0.3) is 0 Å². The van der Waals surface area contributed by atoms with Crippen LogP contribution in [0.3, 0.4) is 0 Å². The number of nitrogens with one attached hydrogen (secondary N) is 2. The van der Waals surface area contributed by atoms with Crippen molar-refractivity contribution in [1.82, 2.24) is 0 Å². The summed E-state index contributed by atoms with van der Waals surface area (Å²) in [6, 6.07) is 7.18. The monoisotopic (exact) mass is 162 g/mol. The molecular formula is C9H10N2O. The second-order valence-corrected chi connectivity index (χ2v) is 2.41. The Bertz CT molecular complexity index is 307. The Hall–Kier alpha value is -1.64. The average Bonchev–Trinajstić information content (AvgIpc) is 2.04. The highest BCUT2D eigenvalue weighted by Crippen LogP contribution is 2.11. The van der Waals surface area contributed by atoms with E-state index in [1.165, 1.54) is 13.1 Å². The molecule has 1 amide bonds. The molecule has 0 radical (unpaired) electrons. The van der Waals surface area contributed by atoms with Gasteiger partial charge in [-0.2, -0.15) is 0 Å². The van der Waals surface area contributed by atoms with Crippen LogP contribution in [0.15, 0.2) is 24.3 Å². The number of hydrogen-bond acceptors (Lipinski definition) is 2. The van der Waals surface area contributed by atoms with E-state index in [1.54, 1.807) is 12.1 Å². The van der Waals surface area contributed by atoms with Gasteiger partial charge < -0.3 is 10.7 Å². The summed E-state index contributed by atoms with van der Waals surface area (Å²) in [6.45, 7) is 1.45. The predicted octanol–water partition coefficient (Wildman–Crippen LogP) is 1.64. The molecule has 1 aromatic carbocycles. The molecule has 0 saturated carbocycles. The van der Waals surface area contributed by atoms with Gasteiger partial charge in [-0.05, 0) is 6.07 Å². The first-order valence-corrected chi connectivity index (χ1v) is 3.61. The number of rotatable bonds is 2. The molecule has 3 nitrogen and oxygen atoms in total. The fraction of sp³-hybridized carbons (Fsp3) is 0.111. The van der Waals surface area contributed by atoms with Crippen molar-refractivity contribution in [2.75, 3.05) is 5.32 Å². The molecule has 0 spiro atoms. The third-order valence-corrected chi connectivity index (χ3v) is 1.43. The summed E-state index contributed by atoms with van der Waals surface area (Å²) in [7, 11) is 0. The molecule has 1 rings (SSSR count). The standard InChI is InChI=1S/C9H10N2O/c1-7(12)11-9-5-3-2-4-8(9)6-10/h2-6,10H,1H3,(H,11,12). The van der Waals surface area contributed by atoms with Crippen LogP contribution in [0, 0.1) is 5.41 Å². The van der Waals surface area contributed by atoms with Crippen molar-refractivity contribution in [1.29, 1.82) is 5.41 Å². The van der Waals surface area contributed by atoms with Crippen LogP contribution in [-0.4, -0.2) is 12.1 Å². The molecule has 0 aromatic heterocycles. The zero-order valence-corrected chi connectivity index (χ0v) is 6.79. The lowest BCUT2D eigenvalue weighted by atomic mass is 10.2. The van der Waals surface area contributed by atoms with Gasteiger partial charge in [0.05, 0.1) is 0 Å². The van der Waals surface area contributed by atoms with Crippen LogP contribution in [0.1, 0.15) is 12.5 Å². The van der Waals surface area contributed by atoms with Gasteiger partial charge in [0.1, 0.15) is 0 Å². The van der Waals surface area contributed by atoms with Crippen LogP contribution in [0.2, 0.25) is 0 Å². The van der Waals surface area contributed by atoms with E-state index in [2.05, 4.69) is 5.32 Å². The Balaban J connectivity index is 2.96. The number of benzene rings is 1. The van der Waals surface area contributed by atoms with Crippen molar-refractivity contribution < 1.29 is 4.79 Å². The molecule has 0 heterocycles. The second kappa shape index (κ2) is 3.67. The topological polar surface area (TPSA) is 53.0 Å². The number of carbonyl (C=O) groups is 1. The van der Waals surface area contributed by atoms with Gasteiger partial charge in [-0.15, -0.1) is 0 Å². The Labute approximate surface area is 70.9 Å². The maximum absolute atomic E-state index is 10.7. The van der Waals surface area contributed by atoms with Crippen LogP contribution < -0.4 is 5.32 Å². The first kappa shape index (κ1) is 8.46. The Morgan fingerprint density at radius 2 is 2.17 bits per heavy atom. The molecule has 0 fully saturated rings. The number of amides is 1. The average molecular weight is 162 g/mol. The SMILES string of the molecule is CC(=O)Nc1ccccc1C=N. The van der Waals surface area contributed by atoms with Gasteiger partial charge >= 0.3 is 0 Å². The molecule has 0 aliphatic rings. The molecule has 0 aliphatic carbocycles. The fourth-order valence-electron chi connectivity index (χ4n) is 0.926. The highest BCUT2D eigenvalue weighted by molar-refractivity contribution is 5.95. The zero-order chi connectivity index (χ0) is 8.97. The molecule has 2 N–H and O–H groups in total. The van der Waals surface area contributed by atoms with Gasteiger partial charge in [0.15, 0.2) is 0 Å². The number of para-hydroxylation sites is 1. The summed E-state index contributed by atoms with van der Waals surface area (Å²) >= 11 is 0. The lowest BCUT2D eigenvalue weighted by Gasteiger charge is -2.04. The van der Waals surface area contributed by atoms with E-state index in [1.807, 2.05) is 12.1 Å². The van der Waals surface area contributed by atoms with Crippen molar-refractivity contribution >= 4 is 17.8 Å². The van der Waals surface area contributed by atoms with Crippen LogP contribution in [-0.2, 0) is 4.79 Å². The van der Waals surface area contributed by atoms with Crippen LogP contribution in [0.5, 0.6) is 0 Å². The summed E-state index contributed by atoms with van der Waals surface area (Å²) in [5.41, 5.74) is 1.40.